The third-order valence-electron chi connectivity index (χ3n) is 3.56. The monoisotopic (exact) mass is 287 g/mol. The third-order valence-corrected chi connectivity index (χ3v) is 3.56. The van der Waals surface area contributed by atoms with Crippen molar-refractivity contribution in [1.29, 1.82) is 0 Å². The van der Waals surface area contributed by atoms with Gasteiger partial charge in [0, 0.05) is 0 Å². The molecular weight excluding hydrogens is 263 g/mol. The van der Waals surface area contributed by atoms with Crippen LogP contribution in [-0.4, -0.2) is 13.1 Å². The summed E-state index contributed by atoms with van der Waals surface area (Å²) in [5, 5.41) is 3.39. The number of rotatable bonds is 7. The maximum absolute atomic E-state index is 12.5. The van der Waals surface area contributed by atoms with Crippen molar-refractivity contribution in [3.63, 3.8) is 0 Å². The summed E-state index contributed by atoms with van der Waals surface area (Å²) in [6.07, 6.45) is -2.35. The summed E-state index contributed by atoms with van der Waals surface area (Å²) in [4.78, 5) is 0. The molecule has 0 heterocycles. The second kappa shape index (κ2) is 7.67. The summed E-state index contributed by atoms with van der Waals surface area (Å²) in [5.74, 6) is 0.944. The Morgan fingerprint density at radius 3 is 2.15 bits per heavy atom. The van der Waals surface area contributed by atoms with Gasteiger partial charge in [0.1, 0.15) is 0 Å². The lowest BCUT2D eigenvalue weighted by Crippen LogP contribution is -2.28. The van der Waals surface area contributed by atoms with E-state index >= 15 is 0 Å². The van der Waals surface area contributed by atoms with Gasteiger partial charge >= 0.3 is 6.18 Å². The zero-order valence-electron chi connectivity index (χ0n) is 12.4. The molecule has 4 heteroatoms. The Morgan fingerprint density at radius 2 is 1.70 bits per heavy atom. The van der Waals surface area contributed by atoms with E-state index in [1.165, 1.54) is 12.1 Å². The van der Waals surface area contributed by atoms with Gasteiger partial charge in [-0.1, -0.05) is 32.9 Å². The standard InChI is InChI=1S/C16H24F3N/c1-4-9-20-11-14(12(2)3)10-13-5-7-15(8-6-13)16(17,18)19/h5-8,12,14,20H,4,9-11H2,1-3H3. The summed E-state index contributed by atoms with van der Waals surface area (Å²) in [6, 6.07) is 5.54. The van der Waals surface area contributed by atoms with Crippen molar-refractivity contribution in [2.45, 2.75) is 39.8 Å². The van der Waals surface area contributed by atoms with Crippen LogP contribution in [0.3, 0.4) is 0 Å². The van der Waals surface area contributed by atoms with Gasteiger partial charge in [0.25, 0.3) is 0 Å². The first-order valence-corrected chi connectivity index (χ1v) is 7.21. The molecule has 0 aromatic heterocycles. The molecule has 1 N–H and O–H groups in total. The van der Waals surface area contributed by atoms with Crippen LogP contribution in [0.2, 0.25) is 0 Å². The van der Waals surface area contributed by atoms with E-state index < -0.39 is 11.7 Å². The molecule has 0 saturated carbocycles. The number of hydrogen-bond acceptors (Lipinski definition) is 1. The summed E-state index contributed by atoms with van der Waals surface area (Å²) in [7, 11) is 0. The van der Waals surface area contributed by atoms with Gasteiger partial charge in [-0.05, 0) is 55.5 Å². The van der Waals surface area contributed by atoms with Crippen molar-refractivity contribution in [1.82, 2.24) is 5.32 Å². The number of halogens is 3. The van der Waals surface area contributed by atoms with Crippen molar-refractivity contribution >= 4 is 0 Å². The first-order chi connectivity index (χ1) is 9.34. The van der Waals surface area contributed by atoms with Crippen LogP contribution in [0.1, 0.15) is 38.3 Å². The molecule has 114 valence electrons. The van der Waals surface area contributed by atoms with Crippen LogP contribution in [0.4, 0.5) is 13.2 Å². The average molecular weight is 287 g/mol. The minimum atomic E-state index is -4.25. The summed E-state index contributed by atoms with van der Waals surface area (Å²) in [5.41, 5.74) is 0.390. The average Bonchev–Trinajstić information content (AvgIpc) is 2.37. The van der Waals surface area contributed by atoms with E-state index in [9.17, 15) is 13.2 Å². The highest BCUT2D eigenvalue weighted by Gasteiger charge is 2.30. The maximum Gasteiger partial charge on any atom is 0.416 e. The largest absolute Gasteiger partial charge is 0.416 e. The Labute approximate surface area is 119 Å². The molecule has 0 fully saturated rings. The van der Waals surface area contributed by atoms with Crippen LogP contribution in [-0.2, 0) is 12.6 Å². The van der Waals surface area contributed by atoms with Gasteiger partial charge in [-0.15, -0.1) is 0 Å². The van der Waals surface area contributed by atoms with Crippen LogP contribution < -0.4 is 5.32 Å². The zero-order valence-corrected chi connectivity index (χ0v) is 12.4. The molecule has 1 atom stereocenters. The number of hydrogen-bond donors (Lipinski definition) is 1. The second-order valence-electron chi connectivity index (χ2n) is 5.61. The van der Waals surface area contributed by atoms with E-state index in [0.717, 1.165) is 31.5 Å². The molecule has 1 unspecified atom stereocenters. The second-order valence-corrected chi connectivity index (χ2v) is 5.61. The van der Waals surface area contributed by atoms with E-state index in [2.05, 4.69) is 26.1 Å². The summed E-state index contributed by atoms with van der Waals surface area (Å²) < 4.78 is 37.5. The van der Waals surface area contributed by atoms with Gasteiger partial charge in [0.15, 0.2) is 0 Å². The van der Waals surface area contributed by atoms with Gasteiger partial charge in [-0.25, -0.2) is 0 Å². The van der Waals surface area contributed by atoms with Crippen LogP contribution in [0.25, 0.3) is 0 Å². The lowest BCUT2D eigenvalue weighted by molar-refractivity contribution is -0.137. The lowest BCUT2D eigenvalue weighted by Gasteiger charge is -2.21. The highest BCUT2D eigenvalue weighted by Crippen LogP contribution is 2.29. The Balaban J connectivity index is 2.64. The quantitative estimate of drug-likeness (QED) is 0.727. The number of benzene rings is 1. The predicted octanol–water partition coefficient (Wildman–Crippen LogP) is 4.52. The number of nitrogens with one attached hydrogen (secondary N) is 1. The summed E-state index contributed by atoms with van der Waals surface area (Å²) >= 11 is 0. The Bertz CT molecular complexity index is 382. The molecule has 1 aromatic rings. The molecule has 1 aromatic carbocycles. The molecule has 0 aliphatic carbocycles. The highest BCUT2D eigenvalue weighted by molar-refractivity contribution is 5.25. The predicted molar refractivity (Wildman–Crippen MR) is 76.6 cm³/mol. The van der Waals surface area contributed by atoms with Gasteiger partial charge in [0.2, 0.25) is 0 Å². The first kappa shape index (κ1) is 17.0. The molecule has 0 spiro atoms. The molecule has 20 heavy (non-hydrogen) atoms. The Hall–Kier alpha value is -1.03. The molecule has 0 radical (unpaired) electrons. The Kier molecular flexibility index (Phi) is 6.53. The van der Waals surface area contributed by atoms with Crippen LogP contribution >= 0.6 is 0 Å². The lowest BCUT2D eigenvalue weighted by atomic mass is 9.89. The van der Waals surface area contributed by atoms with Crippen molar-refractivity contribution in [3.8, 4) is 0 Å². The SMILES string of the molecule is CCCNCC(Cc1ccc(C(F)(F)F)cc1)C(C)C. The van der Waals surface area contributed by atoms with E-state index in [1.54, 1.807) is 12.1 Å². The van der Waals surface area contributed by atoms with Crippen LogP contribution in [0.15, 0.2) is 24.3 Å². The molecule has 0 aliphatic rings. The van der Waals surface area contributed by atoms with E-state index in [4.69, 9.17) is 0 Å². The van der Waals surface area contributed by atoms with Gasteiger partial charge in [-0.2, -0.15) is 13.2 Å². The minimum absolute atomic E-state index is 0.443. The molecule has 0 amide bonds. The maximum atomic E-state index is 12.5. The minimum Gasteiger partial charge on any atom is -0.316 e. The molecule has 1 rings (SSSR count). The van der Waals surface area contributed by atoms with Crippen LogP contribution in [0.5, 0.6) is 0 Å². The summed E-state index contributed by atoms with van der Waals surface area (Å²) in [6.45, 7) is 8.32. The normalized spacial score (nSPS) is 13.8. The molecule has 0 aliphatic heterocycles. The fourth-order valence-corrected chi connectivity index (χ4v) is 2.14. The molecule has 0 bridgehead atoms. The van der Waals surface area contributed by atoms with Gasteiger partial charge in [0.05, 0.1) is 5.56 Å². The molecule has 1 nitrogen and oxygen atoms in total. The molecule has 0 saturated heterocycles. The fourth-order valence-electron chi connectivity index (χ4n) is 2.14. The molecular formula is C16H24F3N. The van der Waals surface area contributed by atoms with Crippen molar-refractivity contribution < 1.29 is 13.2 Å². The Morgan fingerprint density at radius 1 is 1.10 bits per heavy atom. The van der Waals surface area contributed by atoms with Crippen molar-refractivity contribution in [3.05, 3.63) is 35.4 Å². The van der Waals surface area contributed by atoms with E-state index in [-0.39, 0.29) is 0 Å². The van der Waals surface area contributed by atoms with E-state index in [1.807, 2.05) is 0 Å². The van der Waals surface area contributed by atoms with Crippen LogP contribution in [0, 0.1) is 11.8 Å². The van der Waals surface area contributed by atoms with Gasteiger partial charge < -0.3 is 5.32 Å². The zero-order chi connectivity index (χ0) is 15.2. The topological polar surface area (TPSA) is 12.0 Å². The van der Waals surface area contributed by atoms with Gasteiger partial charge in [-0.3, -0.25) is 0 Å². The highest BCUT2D eigenvalue weighted by atomic mass is 19.4. The smallest absolute Gasteiger partial charge is 0.316 e. The van der Waals surface area contributed by atoms with Crippen molar-refractivity contribution in [2.24, 2.45) is 11.8 Å². The van der Waals surface area contributed by atoms with Crippen molar-refractivity contribution in [2.75, 3.05) is 13.1 Å². The first-order valence-electron chi connectivity index (χ1n) is 7.21. The fraction of sp³-hybridized carbons (Fsp3) is 0.625. The third kappa shape index (κ3) is 5.53. The number of alkyl halides is 3. The van der Waals surface area contributed by atoms with E-state index in [0.29, 0.717) is 11.8 Å².